The zero-order chi connectivity index (χ0) is 28.2. The molecule has 0 fully saturated rings. The maximum atomic E-state index is 13.0. The van der Waals surface area contributed by atoms with E-state index in [2.05, 4.69) is 20.9 Å². The van der Waals surface area contributed by atoms with Gasteiger partial charge >= 0.3 is 0 Å². The third kappa shape index (κ3) is 5.50. The molecule has 5 aromatic rings. The molecule has 12 heteroatoms. The van der Waals surface area contributed by atoms with Gasteiger partial charge in [0.25, 0.3) is 17.3 Å². The summed E-state index contributed by atoms with van der Waals surface area (Å²) in [5.41, 5.74) is 3.10. The number of aromatic nitrogens is 2. The molecule has 0 bridgehead atoms. The van der Waals surface area contributed by atoms with Crippen molar-refractivity contribution in [2.75, 3.05) is 16.0 Å². The van der Waals surface area contributed by atoms with Crippen LogP contribution < -0.4 is 20.5 Å². The number of benzene rings is 3. The average Bonchev–Trinajstić information content (AvgIpc) is 2.96. The van der Waals surface area contributed by atoms with Crippen LogP contribution in [0.25, 0.3) is 10.9 Å². The number of anilines is 5. The van der Waals surface area contributed by atoms with Gasteiger partial charge in [0.1, 0.15) is 12.6 Å². The van der Waals surface area contributed by atoms with Gasteiger partial charge in [-0.15, -0.1) is 0 Å². The fourth-order valence-corrected chi connectivity index (χ4v) is 4.17. The van der Waals surface area contributed by atoms with E-state index in [-0.39, 0.29) is 11.3 Å². The number of nitro groups is 2. The highest BCUT2D eigenvalue weighted by atomic mass is 16.6. The van der Waals surface area contributed by atoms with Gasteiger partial charge in [-0.2, -0.15) is 0 Å². The van der Waals surface area contributed by atoms with Gasteiger partial charge in [-0.25, -0.2) is 4.57 Å². The van der Waals surface area contributed by atoms with Gasteiger partial charge < -0.3 is 16.0 Å². The molecule has 0 aliphatic carbocycles. The Labute approximate surface area is 227 Å². The summed E-state index contributed by atoms with van der Waals surface area (Å²) in [4.78, 5) is 39.0. The molecule has 3 N–H and O–H groups in total. The molecule has 3 aromatic carbocycles. The third-order valence-corrected chi connectivity index (χ3v) is 6.16. The molecular weight excluding hydrogens is 514 g/mol. The summed E-state index contributed by atoms with van der Waals surface area (Å²) < 4.78 is 1.81. The molecule has 0 spiro atoms. The van der Waals surface area contributed by atoms with Crippen LogP contribution in [0.5, 0.6) is 0 Å². The molecule has 198 valence electrons. The van der Waals surface area contributed by atoms with E-state index >= 15 is 0 Å². The Morgan fingerprint density at radius 3 is 2.15 bits per heavy atom. The minimum absolute atomic E-state index is 0.0825. The van der Waals surface area contributed by atoms with Gasteiger partial charge in [0.2, 0.25) is 5.52 Å². The predicted octanol–water partition coefficient (Wildman–Crippen LogP) is 5.62. The zero-order valence-corrected chi connectivity index (χ0v) is 21.1. The molecule has 12 nitrogen and oxygen atoms in total. The van der Waals surface area contributed by atoms with Crippen molar-refractivity contribution in [1.82, 2.24) is 4.98 Å². The molecule has 0 unspecified atom stereocenters. The Morgan fingerprint density at radius 1 is 0.775 bits per heavy atom. The maximum absolute atomic E-state index is 13.0. The standard InChI is InChI=1S/C28H21N7O5/c1-33-15-12-25(24-17-22(34(37)38)7-9-26(24)33)31-21-6-8-23(27(16-21)35(39)40)28(36)32-19-4-2-18(3-5-19)30-20-10-13-29-14-11-20/h2-17H,1H3,(H2,29,30,32,36)/p+1. The van der Waals surface area contributed by atoms with E-state index in [0.29, 0.717) is 22.4 Å². The summed E-state index contributed by atoms with van der Waals surface area (Å²) in [6.07, 6.45) is 5.10. The minimum Gasteiger partial charge on any atom is -0.355 e. The highest BCUT2D eigenvalue weighted by molar-refractivity contribution is 6.07. The second-order valence-electron chi connectivity index (χ2n) is 8.81. The summed E-state index contributed by atoms with van der Waals surface area (Å²) in [7, 11) is 1.81. The first-order valence-electron chi connectivity index (χ1n) is 12.0. The molecule has 0 aliphatic rings. The van der Waals surface area contributed by atoms with Gasteiger partial charge in [-0.1, -0.05) is 0 Å². The van der Waals surface area contributed by atoms with Crippen molar-refractivity contribution >= 4 is 56.6 Å². The Morgan fingerprint density at radius 2 is 1.45 bits per heavy atom. The van der Waals surface area contributed by atoms with Crippen LogP contribution in [0.4, 0.5) is 39.8 Å². The van der Waals surface area contributed by atoms with E-state index in [1.54, 1.807) is 68.1 Å². The first kappa shape index (κ1) is 25.7. The fourth-order valence-electron chi connectivity index (χ4n) is 4.17. The Kier molecular flexibility index (Phi) is 6.97. The van der Waals surface area contributed by atoms with Crippen LogP contribution in [-0.2, 0) is 7.05 Å². The highest BCUT2D eigenvalue weighted by Gasteiger charge is 2.22. The van der Waals surface area contributed by atoms with E-state index in [9.17, 15) is 25.0 Å². The molecular formula is C28H22N7O5+. The first-order chi connectivity index (χ1) is 19.3. The molecule has 5 rings (SSSR count). The van der Waals surface area contributed by atoms with Crippen LogP contribution in [0.1, 0.15) is 10.4 Å². The van der Waals surface area contributed by atoms with Gasteiger partial charge in [-0.3, -0.25) is 30.0 Å². The Bertz CT molecular complexity index is 1760. The number of hydrogen-bond donors (Lipinski definition) is 3. The van der Waals surface area contributed by atoms with Gasteiger partial charge in [0.15, 0.2) is 6.20 Å². The smallest absolute Gasteiger partial charge is 0.284 e. The lowest BCUT2D eigenvalue weighted by Gasteiger charge is -2.11. The van der Waals surface area contributed by atoms with Crippen LogP contribution in [-0.4, -0.2) is 20.7 Å². The van der Waals surface area contributed by atoms with Crippen LogP contribution in [0, 0.1) is 20.2 Å². The topological polar surface area (TPSA) is 156 Å². The van der Waals surface area contributed by atoms with Gasteiger partial charge in [-0.05, 0) is 48.5 Å². The SMILES string of the molecule is C[n+]1ccc(Nc2ccc(C(=O)Nc3ccc(Nc4ccncc4)cc3)c([N+](=O)[O-])c2)c2cc([N+](=O)[O-])ccc21. The molecule has 0 radical (unpaired) electrons. The van der Waals surface area contributed by atoms with Crippen LogP contribution in [0.3, 0.4) is 0 Å². The van der Waals surface area contributed by atoms with Crippen LogP contribution in [0.2, 0.25) is 0 Å². The fraction of sp³-hybridized carbons (Fsp3) is 0.0357. The van der Waals surface area contributed by atoms with Crippen molar-refractivity contribution in [2.24, 2.45) is 7.05 Å². The first-order valence-corrected chi connectivity index (χ1v) is 12.0. The Hall–Kier alpha value is -5.91. The van der Waals surface area contributed by atoms with Crippen molar-refractivity contribution in [3.05, 3.63) is 123 Å². The van der Waals surface area contributed by atoms with Crippen molar-refractivity contribution in [3.8, 4) is 0 Å². The molecule has 0 saturated heterocycles. The number of fused-ring (bicyclic) bond motifs is 1. The van der Waals surface area contributed by atoms with Crippen LogP contribution in [0.15, 0.2) is 97.5 Å². The van der Waals surface area contributed by atoms with Crippen molar-refractivity contribution in [1.29, 1.82) is 0 Å². The number of non-ortho nitro benzene ring substituents is 1. The molecule has 2 heterocycles. The number of nitrogens with zero attached hydrogens (tertiary/aromatic N) is 4. The van der Waals surface area contributed by atoms with Crippen molar-refractivity contribution in [2.45, 2.75) is 0 Å². The number of nitro benzene ring substituents is 2. The van der Waals surface area contributed by atoms with Gasteiger partial charge in [0.05, 0.1) is 20.9 Å². The number of pyridine rings is 2. The lowest BCUT2D eigenvalue weighted by Crippen LogP contribution is -2.28. The average molecular weight is 537 g/mol. The highest BCUT2D eigenvalue weighted by Crippen LogP contribution is 2.31. The molecule has 0 atom stereocenters. The lowest BCUT2D eigenvalue weighted by atomic mass is 10.1. The van der Waals surface area contributed by atoms with E-state index in [1.165, 1.54) is 24.3 Å². The third-order valence-electron chi connectivity index (χ3n) is 6.16. The quantitative estimate of drug-likeness (QED) is 0.131. The lowest BCUT2D eigenvalue weighted by molar-refractivity contribution is -0.644. The summed E-state index contributed by atoms with van der Waals surface area (Å²) >= 11 is 0. The normalized spacial score (nSPS) is 10.6. The molecule has 1 amide bonds. The van der Waals surface area contributed by atoms with Crippen LogP contribution >= 0.6 is 0 Å². The van der Waals surface area contributed by atoms with Crippen molar-refractivity contribution in [3.63, 3.8) is 0 Å². The molecule has 2 aromatic heterocycles. The number of aryl methyl sites for hydroxylation is 1. The van der Waals surface area contributed by atoms with E-state index in [1.807, 2.05) is 16.7 Å². The summed E-state index contributed by atoms with van der Waals surface area (Å²) in [6, 6.07) is 20.9. The second-order valence-corrected chi connectivity index (χ2v) is 8.81. The summed E-state index contributed by atoms with van der Waals surface area (Å²) in [5.74, 6) is -0.638. The monoisotopic (exact) mass is 536 g/mol. The minimum atomic E-state index is -0.638. The predicted molar refractivity (Wildman–Crippen MR) is 150 cm³/mol. The number of rotatable bonds is 8. The molecule has 0 saturated carbocycles. The number of hydrogen-bond acceptors (Lipinski definition) is 8. The number of carbonyl (C=O) groups is 1. The number of nitrogens with one attached hydrogen (secondary N) is 3. The number of carbonyl (C=O) groups excluding carboxylic acids is 1. The Balaban J connectivity index is 1.37. The summed E-state index contributed by atoms with van der Waals surface area (Å²) in [6.45, 7) is 0. The number of amides is 1. The van der Waals surface area contributed by atoms with E-state index < -0.39 is 21.4 Å². The van der Waals surface area contributed by atoms with Crippen molar-refractivity contribution < 1.29 is 19.2 Å². The zero-order valence-electron chi connectivity index (χ0n) is 21.1. The summed E-state index contributed by atoms with van der Waals surface area (Å²) in [5, 5.41) is 32.7. The maximum Gasteiger partial charge on any atom is 0.284 e. The van der Waals surface area contributed by atoms with E-state index in [0.717, 1.165) is 16.9 Å². The van der Waals surface area contributed by atoms with Gasteiger partial charge in [0, 0.05) is 65.5 Å². The van der Waals surface area contributed by atoms with E-state index in [4.69, 9.17) is 0 Å². The molecule has 40 heavy (non-hydrogen) atoms. The second kappa shape index (κ2) is 10.8. The largest absolute Gasteiger partial charge is 0.355 e. The molecule has 0 aliphatic heterocycles.